The van der Waals surface area contributed by atoms with Crippen LogP contribution in [0.4, 0.5) is 0 Å². The lowest BCUT2D eigenvalue weighted by molar-refractivity contribution is 0.0969. The summed E-state index contributed by atoms with van der Waals surface area (Å²) in [5, 5.41) is 9.24. The summed E-state index contributed by atoms with van der Waals surface area (Å²) in [4.78, 5) is 0. The molecule has 1 aromatic rings. The molecule has 4 heteroatoms. The molecule has 1 fully saturated rings. The summed E-state index contributed by atoms with van der Waals surface area (Å²) in [6, 6.07) is 3.71. The highest BCUT2D eigenvalue weighted by Gasteiger charge is 2.27. The van der Waals surface area contributed by atoms with Crippen LogP contribution in [0.25, 0.3) is 0 Å². The molecule has 3 unspecified atom stereocenters. The fraction of sp³-hybridized carbons (Fsp3) is 0.625. The van der Waals surface area contributed by atoms with E-state index < -0.39 is 0 Å². The number of aliphatic hydroxyl groups is 1. The average molecular weight is 343 g/mol. The predicted molar refractivity (Wildman–Crippen MR) is 83.2 cm³/mol. The van der Waals surface area contributed by atoms with E-state index in [2.05, 4.69) is 29.8 Å². The molecule has 3 atom stereocenters. The lowest BCUT2D eigenvalue weighted by Gasteiger charge is -2.32. The highest BCUT2D eigenvalue weighted by Crippen LogP contribution is 2.40. The van der Waals surface area contributed by atoms with Crippen molar-refractivity contribution < 1.29 is 14.6 Å². The largest absolute Gasteiger partial charge is 0.493 e. The third kappa shape index (κ3) is 3.47. The Morgan fingerprint density at radius 2 is 2.00 bits per heavy atom. The molecule has 0 bridgehead atoms. The first-order chi connectivity index (χ1) is 9.55. The third-order valence-corrected chi connectivity index (χ3v) is 4.90. The van der Waals surface area contributed by atoms with Crippen molar-refractivity contribution in [1.82, 2.24) is 0 Å². The molecule has 0 spiro atoms. The van der Waals surface area contributed by atoms with Gasteiger partial charge in [0, 0.05) is 0 Å². The van der Waals surface area contributed by atoms with Crippen molar-refractivity contribution in [2.45, 2.75) is 45.8 Å². The molecule has 0 saturated heterocycles. The zero-order chi connectivity index (χ0) is 14.7. The summed E-state index contributed by atoms with van der Waals surface area (Å²) < 4.78 is 12.4. The Balaban J connectivity index is 2.16. The van der Waals surface area contributed by atoms with Gasteiger partial charge in [-0.1, -0.05) is 13.8 Å². The van der Waals surface area contributed by atoms with Crippen LogP contribution in [0.3, 0.4) is 0 Å². The summed E-state index contributed by atoms with van der Waals surface area (Å²) in [6.45, 7) is 4.60. The lowest BCUT2D eigenvalue weighted by atomic mass is 9.80. The van der Waals surface area contributed by atoms with Gasteiger partial charge in [0.05, 0.1) is 24.3 Å². The molecule has 1 aliphatic rings. The van der Waals surface area contributed by atoms with E-state index in [4.69, 9.17) is 9.47 Å². The number of hydrogen-bond acceptors (Lipinski definition) is 3. The van der Waals surface area contributed by atoms with Gasteiger partial charge < -0.3 is 14.6 Å². The Morgan fingerprint density at radius 1 is 1.25 bits per heavy atom. The van der Waals surface area contributed by atoms with E-state index in [1.165, 1.54) is 6.42 Å². The zero-order valence-electron chi connectivity index (χ0n) is 12.4. The van der Waals surface area contributed by atoms with Crippen LogP contribution < -0.4 is 9.47 Å². The van der Waals surface area contributed by atoms with Crippen LogP contribution in [0.15, 0.2) is 16.6 Å². The van der Waals surface area contributed by atoms with Gasteiger partial charge >= 0.3 is 0 Å². The van der Waals surface area contributed by atoms with Crippen LogP contribution in [-0.2, 0) is 6.61 Å². The summed E-state index contributed by atoms with van der Waals surface area (Å²) in [7, 11) is 1.63. The van der Waals surface area contributed by atoms with Crippen molar-refractivity contribution in [3.05, 3.63) is 22.2 Å². The van der Waals surface area contributed by atoms with Crippen molar-refractivity contribution >= 4 is 15.9 Å². The number of benzene rings is 1. The van der Waals surface area contributed by atoms with E-state index in [9.17, 15) is 5.11 Å². The van der Waals surface area contributed by atoms with Crippen LogP contribution in [0, 0.1) is 11.8 Å². The second-order valence-corrected chi connectivity index (χ2v) is 6.63. The molecule has 1 N–H and O–H groups in total. The van der Waals surface area contributed by atoms with E-state index >= 15 is 0 Å². The zero-order valence-corrected chi connectivity index (χ0v) is 13.9. The Labute approximate surface area is 129 Å². The normalized spacial score (nSPS) is 26.4. The molecular formula is C16H23BrO3. The van der Waals surface area contributed by atoms with E-state index in [0.29, 0.717) is 11.7 Å². The fourth-order valence-electron chi connectivity index (χ4n) is 2.75. The van der Waals surface area contributed by atoms with Gasteiger partial charge in [-0.3, -0.25) is 0 Å². The summed E-state index contributed by atoms with van der Waals surface area (Å²) in [5.74, 6) is 2.89. The standard InChI is InChI=1S/C16H23BrO3/c1-10-4-5-13(6-11(10)2)20-16-14(17)7-12(9-18)8-15(16)19-3/h7-8,10-11,13,18H,4-6,9H2,1-3H3. The smallest absolute Gasteiger partial charge is 0.175 e. The van der Waals surface area contributed by atoms with Crippen molar-refractivity contribution in [2.75, 3.05) is 7.11 Å². The molecular weight excluding hydrogens is 320 g/mol. The number of halogens is 1. The predicted octanol–water partition coefficient (Wildman–Crippen LogP) is 4.15. The van der Waals surface area contributed by atoms with Crippen molar-refractivity contribution in [1.29, 1.82) is 0 Å². The molecule has 112 valence electrons. The van der Waals surface area contributed by atoms with Crippen LogP contribution >= 0.6 is 15.9 Å². The summed E-state index contributed by atoms with van der Waals surface area (Å²) >= 11 is 3.52. The lowest BCUT2D eigenvalue weighted by Crippen LogP contribution is -2.29. The molecule has 1 saturated carbocycles. The highest BCUT2D eigenvalue weighted by molar-refractivity contribution is 9.10. The summed E-state index contributed by atoms with van der Waals surface area (Å²) in [5.41, 5.74) is 0.812. The average Bonchev–Trinajstić information content (AvgIpc) is 2.44. The van der Waals surface area contributed by atoms with Gasteiger partial charge in [0.25, 0.3) is 0 Å². The second-order valence-electron chi connectivity index (χ2n) is 5.77. The Kier molecular flexibility index (Phi) is 5.33. The van der Waals surface area contributed by atoms with Gasteiger partial charge in [-0.05, 0) is 64.7 Å². The first-order valence-corrected chi connectivity index (χ1v) is 7.98. The van der Waals surface area contributed by atoms with E-state index in [-0.39, 0.29) is 12.7 Å². The number of aliphatic hydroxyl groups excluding tert-OH is 1. The quantitative estimate of drug-likeness (QED) is 0.892. The maximum absolute atomic E-state index is 9.24. The number of methoxy groups -OCH3 is 1. The Morgan fingerprint density at radius 3 is 2.60 bits per heavy atom. The van der Waals surface area contributed by atoms with Gasteiger partial charge in [0.15, 0.2) is 11.5 Å². The minimum absolute atomic E-state index is 0.00673. The molecule has 0 aromatic heterocycles. The molecule has 20 heavy (non-hydrogen) atoms. The van der Waals surface area contributed by atoms with Crippen molar-refractivity contribution in [2.24, 2.45) is 11.8 Å². The number of hydrogen-bond donors (Lipinski definition) is 1. The molecule has 1 aromatic carbocycles. The molecule has 0 radical (unpaired) electrons. The maximum atomic E-state index is 9.24. The van der Waals surface area contributed by atoms with Crippen molar-refractivity contribution in [3.8, 4) is 11.5 Å². The second kappa shape index (κ2) is 6.81. The van der Waals surface area contributed by atoms with Crippen LogP contribution in [0.2, 0.25) is 0 Å². The molecule has 2 rings (SSSR count). The topological polar surface area (TPSA) is 38.7 Å². The minimum atomic E-state index is -0.00673. The van der Waals surface area contributed by atoms with Gasteiger partial charge in [0.2, 0.25) is 0 Å². The van der Waals surface area contributed by atoms with Crippen LogP contribution in [-0.4, -0.2) is 18.3 Å². The van der Waals surface area contributed by atoms with E-state index in [1.807, 2.05) is 12.1 Å². The first-order valence-electron chi connectivity index (χ1n) is 7.19. The van der Waals surface area contributed by atoms with Gasteiger partial charge in [-0.25, -0.2) is 0 Å². The third-order valence-electron chi connectivity index (χ3n) is 4.31. The molecule has 0 amide bonds. The number of rotatable bonds is 4. The monoisotopic (exact) mass is 342 g/mol. The van der Waals surface area contributed by atoms with Crippen molar-refractivity contribution in [3.63, 3.8) is 0 Å². The Hall–Kier alpha value is -0.740. The molecule has 1 aliphatic carbocycles. The fourth-order valence-corrected chi connectivity index (χ4v) is 3.33. The molecule has 0 aliphatic heterocycles. The van der Waals surface area contributed by atoms with Gasteiger partial charge in [-0.15, -0.1) is 0 Å². The van der Waals surface area contributed by atoms with Gasteiger partial charge in [-0.2, -0.15) is 0 Å². The SMILES string of the molecule is COc1cc(CO)cc(Br)c1OC1CCC(C)C(C)C1. The van der Waals surface area contributed by atoms with E-state index in [1.54, 1.807) is 7.11 Å². The Bertz CT molecular complexity index is 461. The van der Waals surface area contributed by atoms with Gasteiger partial charge in [0.1, 0.15) is 0 Å². The van der Waals surface area contributed by atoms with E-state index in [0.717, 1.165) is 34.5 Å². The van der Waals surface area contributed by atoms with Crippen LogP contribution in [0.1, 0.15) is 38.7 Å². The minimum Gasteiger partial charge on any atom is -0.493 e. The summed E-state index contributed by atoms with van der Waals surface area (Å²) in [6.07, 6.45) is 3.62. The van der Waals surface area contributed by atoms with Crippen LogP contribution in [0.5, 0.6) is 11.5 Å². The highest BCUT2D eigenvalue weighted by atomic mass is 79.9. The molecule has 3 nitrogen and oxygen atoms in total. The molecule has 0 heterocycles. The first kappa shape index (κ1) is 15.6. The maximum Gasteiger partial charge on any atom is 0.175 e. The number of ether oxygens (including phenoxy) is 2.